The van der Waals surface area contributed by atoms with Crippen LogP contribution in [0.15, 0.2) is 0 Å². The molecule has 0 aliphatic rings. The van der Waals surface area contributed by atoms with E-state index in [1.54, 1.807) is 0 Å². The van der Waals surface area contributed by atoms with Gasteiger partial charge in [-0.25, -0.2) is 8.42 Å². The number of hydrogen-bond acceptors (Lipinski definition) is 4. The molecule has 8 heteroatoms. The Morgan fingerprint density at radius 2 is 1.75 bits per heavy atom. The van der Waals surface area contributed by atoms with Crippen LogP contribution >= 0.6 is 0 Å². The predicted octanol–water partition coefficient (Wildman–Crippen LogP) is -1.01. The molecule has 3 N–H and O–H groups in total. The summed E-state index contributed by atoms with van der Waals surface area (Å²) in [5, 5.41) is 7.06. The van der Waals surface area contributed by atoms with Crippen LogP contribution < -0.4 is 5.73 Å². The summed E-state index contributed by atoms with van der Waals surface area (Å²) in [4.78, 5) is 21.4. The highest BCUT2D eigenvalue weighted by atomic mass is 32.2. The first-order valence-electron chi connectivity index (χ1n) is 4.62. The van der Waals surface area contributed by atoms with Crippen LogP contribution in [-0.2, 0) is 19.6 Å². The van der Waals surface area contributed by atoms with Gasteiger partial charge in [-0.1, -0.05) is 0 Å². The van der Waals surface area contributed by atoms with Gasteiger partial charge in [-0.3, -0.25) is 9.59 Å². The Balaban J connectivity index is 5.20. The summed E-state index contributed by atoms with van der Waals surface area (Å²) in [6, 6.07) is -0.528. The molecule has 0 aromatic heterocycles. The second kappa shape index (κ2) is 5.26. The summed E-state index contributed by atoms with van der Waals surface area (Å²) in [6.45, 7) is 3.61. The van der Waals surface area contributed by atoms with E-state index in [-0.39, 0.29) is 0 Å². The van der Waals surface area contributed by atoms with Crippen molar-refractivity contribution in [3.8, 4) is 0 Å². The third kappa shape index (κ3) is 3.46. The van der Waals surface area contributed by atoms with E-state index in [9.17, 15) is 18.0 Å². The minimum Gasteiger partial charge on any atom is -0.480 e. The van der Waals surface area contributed by atoms with Crippen molar-refractivity contribution in [2.24, 2.45) is 5.73 Å². The van der Waals surface area contributed by atoms with Crippen LogP contribution in [0.3, 0.4) is 0 Å². The van der Waals surface area contributed by atoms with E-state index in [1.165, 1.54) is 13.8 Å². The van der Waals surface area contributed by atoms with Crippen molar-refractivity contribution in [1.82, 2.24) is 4.31 Å². The summed E-state index contributed by atoms with van der Waals surface area (Å²) >= 11 is 0. The van der Waals surface area contributed by atoms with Gasteiger partial charge >= 0.3 is 5.97 Å². The highest BCUT2D eigenvalue weighted by Gasteiger charge is 2.35. The van der Waals surface area contributed by atoms with Crippen molar-refractivity contribution in [2.45, 2.75) is 32.1 Å². The van der Waals surface area contributed by atoms with Gasteiger partial charge in [0.05, 0.1) is 6.54 Å². The molecule has 0 spiro atoms. The Labute approximate surface area is 94.3 Å². The molecule has 16 heavy (non-hydrogen) atoms. The van der Waals surface area contributed by atoms with Crippen molar-refractivity contribution >= 4 is 21.9 Å². The number of nitrogens with two attached hydrogens (primary N) is 1. The second-order valence-electron chi connectivity index (χ2n) is 3.63. The van der Waals surface area contributed by atoms with Gasteiger partial charge in [0.15, 0.2) is 5.25 Å². The molecule has 94 valence electrons. The molecule has 0 aromatic rings. The first-order valence-corrected chi connectivity index (χ1v) is 6.12. The Morgan fingerprint density at radius 3 is 2.00 bits per heavy atom. The number of carboxylic acids is 1. The normalized spacial score (nSPS) is 14.1. The highest BCUT2D eigenvalue weighted by molar-refractivity contribution is 7.90. The summed E-state index contributed by atoms with van der Waals surface area (Å²) in [7, 11) is -4.06. The van der Waals surface area contributed by atoms with Gasteiger partial charge in [0.25, 0.3) is 0 Å². The average Bonchev–Trinajstić information content (AvgIpc) is 2.11. The quantitative estimate of drug-likeness (QED) is 0.627. The maximum atomic E-state index is 11.8. The molecule has 0 saturated heterocycles. The average molecular weight is 252 g/mol. The standard InChI is InChI=1S/C8H16N2O5S/c1-5(2)10(4-7(9)11)16(14,15)6(3)8(12)13/h5-6H,4H2,1-3H3,(H2,9,11)(H,12,13). The van der Waals surface area contributed by atoms with E-state index in [0.29, 0.717) is 0 Å². The monoisotopic (exact) mass is 252 g/mol. The first-order chi connectivity index (χ1) is 7.10. The molecular weight excluding hydrogens is 236 g/mol. The summed E-state index contributed by atoms with van der Waals surface area (Å²) in [5.74, 6) is -2.29. The number of primary amides is 1. The lowest BCUT2D eigenvalue weighted by Crippen LogP contribution is -2.48. The van der Waals surface area contributed by atoms with Crippen LogP contribution in [-0.4, -0.2) is 47.5 Å². The zero-order chi connectivity index (χ0) is 13.1. The van der Waals surface area contributed by atoms with Gasteiger partial charge in [-0.2, -0.15) is 4.31 Å². The molecule has 0 fully saturated rings. The van der Waals surface area contributed by atoms with E-state index in [1.807, 2.05) is 0 Å². The van der Waals surface area contributed by atoms with Gasteiger partial charge in [-0.15, -0.1) is 0 Å². The summed E-state index contributed by atoms with van der Waals surface area (Å²) in [5.41, 5.74) is 4.91. The third-order valence-corrected chi connectivity index (χ3v) is 4.31. The van der Waals surface area contributed by atoms with Gasteiger partial charge in [-0.05, 0) is 20.8 Å². The van der Waals surface area contributed by atoms with Gasteiger partial charge in [0.1, 0.15) is 0 Å². The minimum absolute atomic E-state index is 0.516. The fraction of sp³-hybridized carbons (Fsp3) is 0.750. The lowest BCUT2D eigenvalue weighted by molar-refractivity contribution is -0.136. The van der Waals surface area contributed by atoms with Gasteiger partial charge in [0, 0.05) is 6.04 Å². The number of rotatable bonds is 6. The van der Waals surface area contributed by atoms with Gasteiger partial charge < -0.3 is 10.8 Å². The molecule has 0 aliphatic heterocycles. The summed E-state index contributed by atoms with van der Waals surface area (Å²) in [6.07, 6.45) is 0. The number of nitrogens with zero attached hydrogens (tertiary/aromatic N) is 1. The van der Waals surface area contributed by atoms with E-state index >= 15 is 0 Å². The predicted molar refractivity (Wildman–Crippen MR) is 57.1 cm³/mol. The number of carbonyl (C=O) groups is 2. The third-order valence-electron chi connectivity index (χ3n) is 2.01. The molecule has 0 aliphatic carbocycles. The molecule has 1 amide bonds. The lowest BCUT2D eigenvalue weighted by atomic mass is 10.4. The molecule has 0 heterocycles. The van der Waals surface area contributed by atoms with E-state index in [4.69, 9.17) is 10.8 Å². The SMILES string of the molecule is CC(C)N(CC(N)=O)S(=O)(=O)C(C)C(=O)O. The maximum absolute atomic E-state index is 11.8. The van der Waals surface area contributed by atoms with Crippen molar-refractivity contribution < 1.29 is 23.1 Å². The molecule has 0 rings (SSSR count). The van der Waals surface area contributed by atoms with Crippen molar-refractivity contribution in [3.05, 3.63) is 0 Å². The largest absolute Gasteiger partial charge is 0.480 e. The molecule has 0 bridgehead atoms. The zero-order valence-corrected chi connectivity index (χ0v) is 10.2. The molecule has 1 atom stereocenters. The number of amides is 1. The summed E-state index contributed by atoms with van der Waals surface area (Å²) < 4.78 is 24.4. The zero-order valence-electron chi connectivity index (χ0n) is 9.37. The van der Waals surface area contributed by atoms with Gasteiger partial charge in [0.2, 0.25) is 15.9 Å². The van der Waals surface area contributed by atoms with Crippen molar-refractivity contribution in [1.29, 1.82) is 0 Å². The fourth-order valence-corrected chi connectivity index (χ4v) is 2.61. The Morgan fingerprint density at radius 1 is 1.31 bits per heavy atom. The highest BCUT2D eigenvalue weighted by Crippen LogP contribution is 2.12. The van der Waals surface area contributed by atoms with Crippen LogP contribution in [0.1, 0.15) is 20.8 Å². The number of carbonyl (C=O) groups excluding carboxylic acids is 1. The number of hydrogen-bond donors (Lipinski definition) is 2. The smallest absolute Gasteiger partial charge is 0.323 e. The second-order valence-corrected chi connectivity index (χ2v) is 5.84. The molecule has 0 aromatic carbocycles. The lowest BCUT2D eigenvalue weighted by Gasteiger charge is -2.26. The molecule has 0 saturated carbocycles. The van der Waals surface area contributed by atoms with Crippen LogP contribution in [0, 0.1) is 0 Å². The first kappa shape index (κ1) is 14.8. The topological polar surface area (TPSA) is 118 Å². The molecular formula is C8H16N2O5S. The molecule has 7 nitrogen and oxygen atoms in total. The minimum atomic E-state index is -4.06. The van der Waals surface area contributed by atoms with Crippen molar-refractivity contribution in [3.63, 3.8) is 0 Å². The van der Waals surface area contributed by atoms with E-state index in [2.05, 4.69) is 0 Å². The van der Waals surface area contributed by atoms with Crippen LogP contribution in [0.2, 0.25) is 0 Å². The molecule has 1 unspecified atom stereocenters. The maximum Gasteiger partial charge on any atom is 0.323 e. The van der Waals surface area contributed by atoms with Crippen LogP contribution in [0.25, 0.3) is 0 Å². The van der Waals surface area contributed by atoms with Crippen LogP contribution in [0.5, 0.6) is 0 Å². The van der Waals surface area contributed by atoms with E-state index in [0.717, 1.165) is 11.2 Å². The number of sulfonamides is 1. The fourth-order valence-electron chi connectivity index (χ4n) is 1.05. The Hall–Kier alpha value is -1.15. The Kier molecular flexibility index (Phi) is 4.88. The van der Waals surface area contributed by atoms with E-state index < -0.39 is 39.7 Å². The molecule has 0 radical (unpaired) electrons. The van der Waals surface area contributed by atoms with Crippen LogP contribution in [0.4, 0.5) is 0 Å². The van der Waals surface area contributed by atoms with Crippen molar-refractivity contribution in [2.75, 3.05) is 6.54 Å². The number of carboxylic acid groups (broad SMARTS) is 1. The number of aliphatic carboxylic acids is 1. The Bertz CT molecular complexity index is 376.